The van der Waals surface area contributed by atoms with Crippen LogP contribution in [0.25, 0.3) is 0 Å². The average Bonchev–Trinajstić information content (AvgIpc) is 2.16. The number of hydrogen-bond donors (Lipinski definition) is 1. The van der Waals surface area contributed by atoms with Gasteiger partial charge in [-0.3, -0.25) is 0 Å². The first-order valence-electron chi connectivity index (χ1n) is 4.77. The number of carboxylic acid groups (broad SMARTS) is 1. The van der Waals surface area contributed by atoms with Crippen LogP contribution in [-0.4, -0.2) is 24.3 Å². The lowest BCUT2D eigenvalue weighted by molar-refractivity contribution is -0.132. The molecule has 0 atom stereocenters. The molecule has 0 aliphatic rings. The van der Waals surface area contributed by atoms with Gasteiger partial charge in [0.2, 0.25) is 0 Å². The van der Waals surface area contributed by atoms with Crippen molar-refractivity contribution in [2.45, 2.75) is 26.2 Å². The molecule has 0 aliphatic heterocycles. The van der Waals surface area contributed by atoms with E-state index < -0.39 is 5.97 Å². The van der Waals surface area contributed by atoms with Gasteiger partial charge >= 0.3 is 5.97 Å². The van der Waals surface area contributed by atoms with Crippen LogP contribution in [0.1, 0.15) is 26.2 Å². The maximum Gasteiger partial charge on any atom is 0.330 e. The Hall–Kier alpha value is -1.09. The van der Waals surface area contributed by atoms with Crippen molar-refractivity contribution in [3.05, 3.63) is 24.3 Å². The lowest BCUT2D eigenvalue weighted by Gasteiger charge is -2.00. The van der Waals surface area contributed by atoms with Crippen molar-refractivity contribution in [3.63, 3.8) is 0 Å². The third-order valence-corrected chi connectivity index (χ3v) is 1.75. The minimum Gasteiger partial charge on any atom is -0.478 e. The smallest absolute Gasteiger partial charge is 0.330 e. The molecule has 0 aromatic heterocycles. The van der Waals surface area contributed by atoms with E-state index in [1.165, 1.54) is 0 Å². The third kappa shape index (κ3) is 7.55. The van der Waals surface area contributed by atoms with Gasteiger partial charge in [0.05, 0.1) is 6.61 Å². The molecule has 0 amide bonds. The van der Waals surface area contributed by atoms with Crippen molar-refractivity contribution in [3.8, 4) is 0 Å². The second-order valence-corrected chi connectivity index (χ2v) is 3.02. The summed E-state index contributed by atoms with van der Waals surface area (Å²) in [6.45, 7) is 6.49. The number of unbranched alkanes of at least 4 members (excludes halogenated alkanes) is 1. The molecular formula is C11H18O3. The first-order chi connectivity index (χ1) is 6.68. The Balaban J connectivity index is 3.33. The summed E-state index contributed by atoms with van der Waals surface area (Å²) in [7, 11) is 0. The predicted molar refractivity (Wildman–Crippen MR) is 56.3 cm³/mol. The Bertz CT molecular complexity index is 207. The first-order valence-corrected chi connectivity index (χ1v) is 4.77. The van der Waals surface area contributed by atoms with E-state index in [9.17, 15) is 4.79 Å². The van der Waals surface area contributed by atoms with Crippen molar-refractivity contribution in [1.82, 2.24) is 0 Å². The molecule has 14 heavy (non-hydrogen) atoms. The largest absolute Gasteiger partial charge is 0.478 e. The molecular weight excluding hydrogens is 180 g/mol. The molecule has 0 saturated heterocycles. The lowest BCUT2D eigenvalue weighted by atomic mass is 10.2. The summed E-state index contributed by atoms with van der Waals surface area (Å²) in [6, 6.07) is 0. The second kappa shape index (κ2) is 8.51. The van der Waals surface area contributed by atoms with Crippen molar-refractivity contribution in [2.24, 2.45) is 0 Å². The molecule has 0 aromatic carbocycles. The topological polar surface area (TPSA) is 46.5 Å². The highest BCUT2D eigenvalue weighted by Crippen LogP contribution is 1.97. The Morgan fingerprint density at radius 2 is 2.14 bits per heavy atom. The molecule has 0 aliphatic carbocycles. The zero-order valence-electron chi connectivity index (χ0n) is 8.66. The monoisotopic (exact) mass is 198 g/mol. The molecule has 0 spiro atoms. The van der Waals surface area contributed by atoms with E-state index >= 15 is 0 Å². The molecule has 3 nitrogen and oxygen atoms in total. The quantitative estimate of drug-likeness (QED) is 0.370. The van der Waals surface area contributed by atoms with Crippen LogP contribution in [0, 0.1) is 0 Å². The summed E-state index contributed by atoms with van der Waals surface area (Å²) < 4.78 is 5.28. The fourth-order valence-corrected chi connectivity index (χ4v) is 0.878. The zero-order chi connectivity index (χ0) is 10.8. The molecule has 1 N–H and O–H groups in total. The van der Waals surface area contributed by atoms with Crippen LogP contribution in [0.5, 0.6) is 0 Å². The summed E-state index contributed by atoms with van der Waals surface area (Å²) in [5.41, 5.74) is 0.375. The van der Waals surface area contributed by atoms with Gasteiger partial charge in [-0.1, -0.05) is 12.2 Å². The molecule has 0 rings (SSSR count). The van der Waals surface area contributed by atoms with Crippen LogP contribution in [0.15, 0.2) is 24.3 Å². The Labute approximate surface area is 85.1 Å². The maximum atomic E-state index is 10.4. The van der Waals surface area contributed by atoms with Crippen LogP contribution in [0.3, 0.4) is 0 Å². The number of carbonyl (C=O) groups is 1. The fourth-order valence-electron chi connectivity index (χ4n) is 0.878. The number of carboxylic acids is 1. The van der Waals surface area contributed by atoms with Gasteiger partial charge in [-0.25, -0.2) is 4.79 Å². The van der Waals surface area contributed by atoms with Gasteiger partial charge in [-0.15, -0.1) is 6.58 Å². The van der Waals surface area contributed by atoms with Gasteiger partial charge in [0.15, 0.2) is 0 Å². The molecule has 0 unspecified atom stereocenters. The molecule has 0 fully saturated rings. The Morgan fingerprint density at radius 1 is 1.43 bits per heavy atom. The summed E-state index contributed by atoms with van der Waals surface area (Å²) in [6.07, 6.45) is 6.13. The van der Waals surface area contributed by atoms with Crippen LogP contribution in [-0.2, 0) is 9.53 Å². The lowest BCUT2D eigenvalue weighted by Crippen LogP contribution is -1.99. The maximum absolute atomic E-state index is 10.4. The highest BCUT2D eigenvalue weighted by atomic mass is 16.5. The summed E-state index contributed by atoms with van der Waals surface area (Å²) >= 11 is 0. The van der Waals surface area contributed by atoms with Gasteiger partial charge in [0.1, 0.15) is 0 Å². The SMILES string of the molecule is C=CCCCOCCC=C(C)C(=O)O. The molecule has 0 aromatic rings. The number of ether oxygens (including phenoxy) is 1. The van der Waals surface area contributed by atoms with Crippen LogP contribution in [0.2, 0.25) is 0 Å². The highest BCUT2D eigenvalue weighted by molar-refractivity contribution is 5.85. The number of hydrogen-bond acceptors (Lipinski definition) is 2. The van der Waals surface area contributed by atoms with E-state index in [1.54, 1.807) is 13.0 Å². The van der Waals surface area contributed by atoms with Crippen molar-refractivity contribution < 1.29 is 14.6 Å². The average molecular weight is 198 g/mol. The summed E-state index contributed by atoms with van der Waals surface area (Å²) in [4.78, 5) is 10.4. The zero-order valence-corrected chi connectivity index (χ0v) is 8.66. The van der Waals surface area contributed by atoms with Crippen molar-refractivity contribution in [1.29, 1.82) is 0 Å². The second-order valence-electron chi connectivity index (χ2n) is 3.02. The van der Waals surface area contributed by atoms with Gasteiger partial charge in [-0.2, -0.15) is 0 Å². The molecule has 0 bridgehead atoms. The minimum absolute atomic E-state index is 0.375. The van der Waals surface area contributed by atoms with E-state index in [-0.39, 0.29) is 0 Å². The first kappa shape index (κ1) is 12.9. The van der Waals surface area contributed by atoms with Crippen molar-refractivity contribution in [2.75, 3.05) is 13.2 Å². The van der Waals surface area contributed by atoms with Gasteiger partial charge in [-0.05, 0) is 26.2 Å². The Morgan fingerprint density at radius 3 is 2.71 bits per heavy atom. The minimum atomic E-state index is -0.864. The van der Waals surface area contributed by atoms with E-state index in [2.05, 4.69) is 6.58 Å². The normalized spacial score (nSPS) is 11.4. The number of rotatable bonds is 8. The number of aliphatic carboxylic acids is 1. The van der Waals surface area contributed by atoms with Gasteiger partial charge in [0.25, 0.3) is 0 Å². The molecule has 0 heterocycles. The highest BCUT2D eigenvalue weighted by Gasteiger charge is 1.97. The molecule has 80 valence electrons. The summed E-state index contributed by atoms with van der Waals surface area (Å²) in [5, 5.41) is 8.53. The standard InChI is InChI=1S/C11H18O3/c1-3-4-5-8-14-9-6-7-10(2)11(12)13/h3,7H,1,4-6,8-9H2,2H3,(H,12,13). The summed E-state index contributed by atoms with van der Waals surface area (Å²) in [5.74, 6) is -0.864. The van der Waals surface area contributed by atoms with Gasteiger partial charge < -0.3 is 9.84 Å². The van der Waals surface area contributed by atoms with Gasteiger partial charge in [0, 0.05) is 12.2 Å². The fraction of sp³-hybridized carbons (Fsp3) is 0.545. The number of allylic oxidation sites excluding steroid dienone is 1. The van der Waals surface area contributed by atoms with Crippen LogP contribution in [0.4, 0.5) is 0 Å². The Kier molecular flexibility index (Phi) is 7.84. The predicted octanol–water partition coefficient (Wildman–Crippen LogP) is 2.39. The van der Waals surface area contributed by atoms with Crippen LogP contribution >= 0.6 is 0 Å². The third-order valence-electron chi connectivity index (χ3n) is 1.75. The van der Waals surface area contributed by atoms with Crippen LogP contribution < -0.4 is 0 Å². The van der Waals surface area contributed by atoms with Crippen molar-refractivity contribution >= 4 is 5.97 Å². The van der Waals surface area contributed by atoms with E-state index in [4.69, 9.17) is 9.84 Å². The molecule has 3 heteroatoms. The van der Waals surface area contributed by atoms with E-state index in [0.717, 1.165) is 12.8 Å². The molecule has 0 saturated carbocycles. The molecule has 0 radical (unpaired) electrons. The van der Waals surface area contributed by atoms with E-state index in [1.807, 2.05) is 6.08 Å². The van der Waals surface area contributed by atoms with E-state index in [0.29, 0.717) is 25.2 Å².